The van der Waals surface area contributed by atoms with Crippen LogP contribution >= 0.6 is 0 Å². The van der Waals surface area contributed by atoms with E-state index in [4.69, 9.17) is 0 Å². The van der Waals surface area contributed by atoms with Gasteiger partial charge in [0.05, 0.1) is 4.43 Å². The van der Waals surface area contributed by atoms with Crippen molar-refractivity contribution in [1.82, 2.24) is 4.98 Å². The van der Waals surface area contributed by atoms with Crippen molar-refractivity contribution >= 4 is 11.0 Å². The summed E-state index contributed by atoms with van der Waals surface area (Å²) in [7, 11) is 0. The molecule has 0 aliphatic heterocycles. The molecule has 1 aromatic carbocycles. The summed E-state index contributed by atoms with van der Waals surface area (Å²) in [5.41, 5.74) is 4.67. The highest BCUT2D eigenvalue weighted by Gasteiger charge is 2.32. The van der Waals surface area contributed by atoms with Gasteiger partial charge in [0.25, 0.3) is 5.52 Å². The van der Waals surface area contributed by atoms with Crippen molar-refractivity contribution in [3.05, 3.63) is 46.1 Å². The van der Waals surface area contributed by atoms with E-state index in [1.165, 1.54) is 0 Å². The quantitative estimate of drug-likeness (QED) is 0.678. The fourth-order valence-corrected chi connectivity index (χ4v) is 2.91. The summed E-state index contributed by atoms with van der Waals surface area (Å²) in [4.78, 5) is 17.3. The first-order valence-electron chi connectivity index (χ1n) is 6.81. The fraction of sp³-hybridized carbons (Fsp3) is 0.438. The van der Waals surface area contributed by atoms with Gasteiger partial charge in [-0.25, -0.2) is 4.98 Å². The number of nitrogens with zero attached hydrogens (tertiary/aromatic N) is 2. The average molecular weight is 255 g/mol. The molecule has 0 unspecified atom stereocenters. The molecule has 0 spiro atoms. The molecule has 98 valence electrons. The zero-order chi connectivity index (χ0) is 13.6. The molecule has 19 heavy (non-hydrogen) atoms. The molecule has 0 N–H and O–H groups in total. The number of fused-ring (bicyclic) bond motifs is 2. The molecule has 3 rings (SSSR count). The van der Waals surface area contributed by atoms with Crippen molar-refractivity contribution in [2.45, 2.75) is 40.0 Å². The van der Waals surface area contributed by atoms with Crippen LogP contribution in [0.4, 0.5) is 0 Å². The van der Waals surface area contributed by atoms with E-state index in [2.05, 4.69) is 18.8 Å². The lowest BCUT2D eigenvalue weighted by Crippen LogP contribution is -2.32. The Balaban J connectivity index is 2.41. The van der Waals surface area contributed by atoms with Crippen molar-refractivity contribution in [2.75, 3.05) is 0 Å². The molecule has 1 aliphatic carbocycles. The third kappa shape index (κ3) is 2.03. The number of aromatic nitrogens is 2. The van der Waals surface area contributed by atoms with E-state index < -0.39 is 0 Å². The molecular weight excluding hydrogens is 236 g/mol. The van der Waals surface area contributed by atoms with E-state index in [-0.39, 0.29) is 5.41 Å². The van der Waals surface area contributed by atoms with E-state index in [0.717, 1.165) is 46.0 Å². The molecule has 1 heterocycles. The van der Waals surface area contributed by atoms with Crippen LogP contribution in [0.15, 0.2) is 24.4 Å². The first kappa shape index (κ1) is 12.3. The van der Waals surface area contributed by atoms with Crippen molar-refractivity contribution in [2.24, 2.45) is 5.41 Å². The van der Waals surface area contributed by atoms with E-state index in [1.54, 1.807) is 0 Å². The SMILES string of the molecule is Cc1cccc2ncc3c([n+](=O)c12)CC(C)(C)CC3. The predicted molar refractivity (Wildman–Crippen MR) is 75.7 cm³/mol. The molecule has 3 heteroatoms. The number of aryl methyl sites for hydroxylation is 2. The lowest BCUT2D eigenvalue weighted by molar-refractivity contribution is -0.476. The van der Waals surface area contributed by atoms with Crippen LogP contribution in [0.3, 0.4) is 0 Å². The minimum atomic E-state index is 0.197. The summed E-state index contributed by atoms with van der Waals surface area (Å²) in [5, 5.41) is 0. The summed E-state index contributed by atoms with van der Waals surface area (Å²) in [6.45, 7) is 6.43. The molecular formula is C16H19N2O+. The Morgan fingerprint density at radius 3 is 2.89 bits per heavy atom. The molecule has 0 amide bonds. The maximum absolute atomic E-state index is 12.8. The largest absolute Gasteiger partial charge is 0.291 e. The Hall–Kier alpha value is -1.77. The summed E-state index contributed by atoms with van der Waals surface area (Å²) >= 11 is 0. The topological polar surface area (TPSA) is 35.9 Å². The Bertz CT molecular complexity index is 720. The van der Waals surface area contributed by atoms with E-state index >= 15 is 0 Å². The molecule has 0 fully saturated rings. The summed E-state index contributed by atoms with van der Waals surface area (Å²) in [5.74, 6) is 0. The van der Waals surface area contributed by atoms with Gasteiger partial charge < -0.3 is 0 Å². The van der Waals surface area contributed by atoms with E-state index in [0.29, 0.717) is 5.52 Å². The third-order valence-electron chi connectivity index (χ3n) is 4.11. The van der Waals surface area contributed by atoms with Gasteiger partial charge in [-0.15, -0.1) is 0 Å². The smallest absolute Gasteiger partial charge is 0.249 e. The number of para-hydroxylation sites is 1. The normalized spacial score (nSPS) is 17.2. The van der Waals surface area contributed by atoms with Crippen LogP contribution in [0, 0.1) is 17.2 Å². The van der Waals surface area contributed by atoms with Gasteiger partial charge in [0, 0.05) is 28.7 Å². The van der Waals surface area contributed by atoms with Crippen LogP contribution in [0.5, 0.6) is 0 Å². The standard InChI is InChI=1S/C16H19N2O/c1-11-5-4-6-13-15(11)18(19)14-9-16(2,3)8-7-12(14)10-17-13/h4-6,10H,7-9H2,1-3H3/q+1. The monoisotopic (exact) mass is 255 g/mol. The van der Waals surface area contributed by atoms with Crippen LogP contribution in [0.1, 0.15) is 37.1 Å². The molecule has 2 aromatic rings. The molecule has 3 nitrogen and oxygen atoms in total. The van der Waals surface area contributed by atoms with E-state index in [1.807, 2.05) is 31.3 Å². The zero-order valence-electron chi connectivity index (χ0n) is 11.7. The van der Waals surface area contributed by atoms with Crippen LogP contribution in [-0.2, 0) is 12.8 Å². The molecule has 1 aliphatic rings. The van der Waals surface area contributed by atoms with E-state index in [9.17, 15) is 4.91 Å². The molecule has 0 radical (unpaired) electrons. The number of benzene rings is 1. The molecule has 0 saturated carbocycles. The highest BCUT2D eigenvalue weighted by Crippen LogP contribution is 2.32. The van der Waals surface area contributed by atoms with Gasteiger partial charge in [-0.05, 0) is 31.2 Å². The van der Waals surface area contributed by atoms with Crippen molar-refractivity contribution < 1.29 is 4.43 Å². The Morgan fingerprint density at radius 1 is 1.32 bits per heavy atom. The van der Waals surface area contributed by atoms with Crippen LogP contribution in [-0.4, -0.2) is 4.98 Å². The van der Waals surface area contributed by atoms with Crippen LogP contribution in [0.2, 0.25) is 0 Å². The summed E-state index contributed by atoms with van der Waals surface area (Å²) in [6.07, 6.45) is 4.77. The Labute approximate surface area is 112 Å². The molecule has 0 atom stereocenters. The van der Waals surface area contributed by atoms with Crippen molar-refractivity contribution in [3.63, 3.8) is 0 Å². The summed E-state index contributed by atoms with van der Waals surface area (Å²) < 4.78 is 1.12. The lowest BCUT2D eigenvalue weighted by atomic mass is 9.77. The number of hydrogen-bond acceptors (Lipinski definition) is 2. The van der Waals surface area contributed by atoms with Crippen molar-refractivity contribution in [1.29, 1.82) is 0 Å². The Kier molecular flexibility index (Phi) is 2.66. The van der Waals surface area contributed by atoms with Gasteiger partial charge in [-0.2, -0.15) is 0 Å². The van der Waals surface area contributed by atoms with Gasteiger partial charge >= 0.3 is 0 Å². The maximum atomic E-state index is 12.8. The second kappa shape index (κ2) is 4.12. The summed E-state index contributed by atoms with van der Waals surface area (Å²) in [6, 6.07) is 5.83. The molecule has 0 saturated heterocycles. The highest BCUT2D eigenvalue weighted by molar-refractivity contribution is 5.74. The number of rotatable bonds is 0. The van der Waals surface area contributed by atoms with Gasteiger partial charge in [0.2, 0.25) is 5.69 Å². The predicted octanol–water partition coefficient (Wildman–Crippen LogP) is 2.97. The highest BCUT2D eigenvalue weighted by atomic mass is 16.3. The fourth-order valence-electron chi connectivity index (χ4n) is 2.91. The maximum Gasteiger partial charge on any atom is 0.291 e. The van der Waals surface area contributed by atoms with Gasteiger partial charge in [-0.1, -0.05) is 26.0 Å². The third-order valence-corrected chi connectivity index (χ3v) is 4.11. The first-order chi connectivity index (χ1) is 8.98. The van der Waals surface area contributed by atoms with Crippen molar-refractivity contribution in [3.8, 4) is 0 Å². The lowest BCUT2D eigenvalue weighted by Gasteiger charge is -2.26. The first-order valence-corrected chi connectivity index (χ1v) is 6.81. The Morgan fingerprint density at radius 2 is 2.11 bits per heavy atom. The van der Waals surface area contributed by atoms with Crippen LogP contribution < -0.4 is 4.43 Å². The molecule has 1 aromatic heterocycles. The zero-order valence-corrected chi connectivity index (χ0v) is 11.7. The second-order valence-corrected chi connectivity index (χ2v) is 6.31. The second-order valence-electron chi connectivity index (χ2n) is 6.31. The average Bonchev–Trinajstić information content (AvgIpc) is 2.48. The molecule has 0 bridgehead atoms. The van der Waals surface area contributed by atoms with Crippen LogP contribution in [0.25, 0.3) is 11.0 Å². The van der Waals surface area contributed by atoms with Gasteiger partial charge in [0.15, 0.2) is 0 Å². The van der Waals surface area contributed by atoms with Gasteiger partial charge in [-0.3, -0.25) is 0 Å². The minimum absolute atomic E-state index is 0.197. The van der Waals surface area contributed by atoms with Gasteiger partial charge in [0.1, 0.15) is 5.52 Å². The minimum Gasteiger partial charge on any atom is -0.249 e. The number of hydrogen-bond donors (Lipinski definition) is 0.